The number of rotatable bonds is 2. The summed E-state index contributed by atoms with van der Waals surface area (Å²) < 4.78 is 9.98. The Morgan fingerprint density at radius 3 is 2.59 bits per heavy atom. The Morgan fingerprint density at radius 2 is 1.79 bits per heavy atom. The highest BCUT2D eigenvalue weighted by Crippen LogP contribution is 2.44. The number of ether oxygens (including phenoxy) is 1. The highest BCUT2D eigenvalue weighted by Gasteiger charge is 2.47. The zero-order chi connectivity index (χ0) is 19.8. The average Bonchev–Trinajstić information content (AvgIpc) is 3.33. The topological polar surface area (TPSA) is 84.4 Å². The molecular formula is C21H18N4O3S. The largest absolute Gasteiger partial charge is 0.450 e. The van der Waals surface area contributed by atoms with Crippen LogP contribution in [0.3, 0.4) is 0 Å². The van der Waals surface area contributed by atoms with Crippen molar-refractivity contribution in [2.75, 3.05) is 18.4 Å². The third-order valence-corrected chi connectivity index (χ3v) is 6.21. The second-order valence-corrected chi connectivity index (χ2v) is 7.89. The predicted octanol–water partition coefficient (Wildman–Crippen LogP) is 3.90. The molecule has 0 aliphatic carbocycles. The Hall–Kier alpha value is -3.26. The third kappa shape index (κ3) is 3.15. The number of benzene rings is 2. The van der Waals surface area contributed by atoms with Gasteiger partial charge in [0.1, 0.15) is 10.6 Å². The average molecular weight is 406 g/mol. The number of aromatic nitrogens is 2. The molecule has 1 fully saturated rings. The lowest BCUT2D eigenvalue weighted by molar-refractivity contribution is -0.0363. The lowest BCUT2D eigenvalue weighted by atomic mass is 9.84. The van der Waals surface area contributed by atoms with Gasteiger partial charge >= 0.3 is 12.0 Å². The molecule has 3 heterocycles. The molecule has 2 aliphatic heterocycles. The van der Waals surface area contributed by atoms with Crippen LogP contribution in [-0.2, 0) is 10.3 Å². The summed E-state index contributed by atoms with van der Waals surface area (Å²) in [5.74, 6) is 0.0235. The van der Waals surface area contributed by atoms with Crippen LogP contribution < -0.4 is 5.32 Å². The minimum absolute atomic E-state index is 0.241. The molecule has 5 rings (SSSR count). The number of nitrogens with one attached hydrogen (secondary N) is 1. The summed E-state index contributed by atoms with van der Waals surface area (Å²) in [5.41, 5.74) is 1.90. The van der Waals surface area contributed by atoms with Crippen molar-refractivity contribution in [3.05, 3.63) is 65.7 Å². The minimum atomic E-state index is -0.621. The Kier molecular flexibility index (Phi) is 4.28. The summed E-state index contributed by atoms with van der Waals surface area (Å²) in [7, 11) is 0. The number of amides is 2. The maximum Gasteiger partial charge on any atom is 0.339 e. The van der Waals surface area contributed by atoms with Crippen molar-refractivity contribution >= 4 is 29.5 Å². The zero-order valence-corrected chi connectivity index (χ0v) is 16.3. The number of fused-ring (bicyclic) bond motifs is 2. The molecule has 0 saturated carbocycles. The van der Waals surface area contributed by atoms with Crippen molar-refractivity contribution in [1.29, 1.82) is 0 Å². The number of esters is 1. The molecule has 2 aliphatic rings. The lowest BCUT2D eigenvalue weighted by Crippen LogP contribution is -2.46. The third-order valence-electron chi connectivity index (χ3n) is 5.45. The van der Waals surface area contributed by atoms with Crippen LogP contribution in [0.1, 0.15) is 28.8 Å². The van der Waals surface area contributed by atoms with Crippen LogP contribution in [0.25, 0.3) is 10.6 Å². The normalized spacial score (nSPS) is 17.1. The molecule has 146 valence electrons. The van der Waals surface area contributed by atoms with E-state index in [1.807, 2.05) is 48.5 Å². The number of hydrogen-bond acceptors (Lipinski definition) is 6. The van der Waals surface area contributed by atoms with Crippen molar-refractivity contribution in [2.24, 2.45) is 0 Å². The maximum atomic E-state index is 12.7. The first-order valence-electron chi connectivity index (χ1n) is 9.43. The first kappa shape index (κ1) is 17.8. The second kappa shape index (κ2) is 6.97. The van der Waals surface area contributed by atoms with Gasteiger partial charge in [-0.2, -0.15) is 9.36 Å². The van der Waals surface area contributed by atoms with Crippen molar-refractivity contribution in [1.82, 2.24) is 14.3 Å². The molecule has 1 N–H and O–H groups in total. The summed E-state index contributed by atoms with van der Waals surface area (Å²) in [6.45, 7) is 0.978. The maximum absolute atomic E-state index is 12.7. The van der Waals surface area contributed by atoms with Gasteiger partial charge < -0.3 is 9.64 Å². The first-order chi connectivity index (χ1) is 14.1. The SMILES string of the molecule is O=C1OC2(CCN(C(=O)Nc3nsc(-c4ccccc4)n3)CC2)c2ccccc21. The number of carbonyl (C=O) groups is 2. The number of likely N-dealkylation sites (tertiary alicyclic amines) is 1. The highest BCUT2D eigenvalue weighted by molar-refractivity contribution is 7.09. The van der Waals surface area contributed by atoms with Crippen LogP contribution in [0.2, 0.25) is 0 Å². The van der Waals surface area contributed by atoms with Crippen LogP contribution in [0.4, 0.5) is 10.7 Å². The summed E-state index contributed by atoms with van der Waals surface area (Å²) in [6.07, 6.45) is 1.14. The van der Waals surface area contributed by atoms with Crippen LogP contribution in [0.5, 0.6) is 0 Å². The molecule has 2 aromatic carbocycles. The van der Waals surface area contributed by atoms with E-state index in [4.69, 9.17) is 4.74 Å². The van der Waals surface area contributed by atoms with E-state index in [2.05, 4.69) is 14.7 Å². The van der Waals surface area contributed by atoms with Gasteiger partial charge in [0.15, 0.2) is 0 Å². The fourth-order valence-electron chi connectivity index (χ4n) is 3.94. The van der Waals surface area contributed by atoms with Gasteiger partial charge in [-0.15, -0.1) is 0 Å². The van der Waals surface area contributed by atoms with Gasteiger partial charge in [-0.25, -0.2) is 9.59 Å². The van der Waals surface area contributed by atoms with E-state index < -0.39 is 5.60 Å². The summed E-state index contributed by atoms with van der Waals surface area (Å²) in [5, 5.41) is 3.53. The predicted molar refractivity (Wildman–Crippen MR) is 109 cm³/mol. The van der Waals surface area contributed by atoms with Crippen molar-refractivity contribution in [3.63, 3.8) is 0 Å². The van der Waals surface area contributed by atoms with Gasteiger partial charge in [-0.1, -0.05) is 48.5 Å². The Bertz CT molecular complexity index is 1070. The highest BCUT2D eigenvalue weighted by atomic mass is 32.1. The van der Waals surface area contributed by atoms with Crippen LogP contribution in [-0.4, -0.2) is 39.3 Å². The van der Waals surface area contributed by atoms with E-state index in [-0.39, 0.29) is 12.0 Å². The van der Waals surface area contributed by atoms with Gasteiger partial charge in [-0.05, 0) is 17.6 Å². The summed E-state index contributed by atoms with van der Waals surface area (Å²) in [4.78, 5) is 31.0. The molecule has 0 unspecified atom stereocenters. The van der Waals surface area contributed by atoms with Crippen molar-refractivity contribution in [2.45, 2.75) is 18.4 Å². The molecule has 0 atom stereocenters. The summed E-state index contributed by atoms with van der Waals surface area (Å²) in [6, 6.07) is 17.0. The molecule has 7 nitrogen and oxygen atoms in total. The molecule has 8 heteroatoms. The number of anilines is 1. The lowest BCUT2D eigenvalue weighted by Gasteiger charge is -2.38. The second-order valence-electron chi connectivity index (χ2n) is 7.14. The standard InChI is InChI=1S/C21H18N4O3S/c26-18-15-8-4-5-9-16(15)21(28-18)10-12-25(13-11-21)20(27)23-19-22-17(29-24-19)14-6-2-1-3-7-14/h1-9H,10-13H2,(H,23,24,27). The van der Waals surface area contributed by atoms with E-state index in [1.165, 1.54) is 11.5 Å². The van der Waals surface area contributed by atoms with E-state index in [0.29, 0.717) is 37.4 Å². The molecule has 0 radical (unpaired) electrons. The van der Waals surface area contributed by atoms with E-state index in [1.54, 1.807) is 11.0 Å². The van der Waals surface area contributed by atoms with Gasteiger partial charge in [-0.3, -0.25) is 5.32 Å². The van der Waals surface area contributed by atoms with E-state index >= 15 is 0 Å². The van der Waals surface area contributed by atoms with Gasteiger partial charge in [0.05, 0.1) is 5.56 Å². The smallest absolute Gasteiger partial charge is 0.339 e. The number of hydrogen-bond donors (Lipinski definition) is 1. The van der Waals surface area contributed by atoms with Crippen molar-refractivity contribution in [3.8, 4) is 10.6 Å². The Morgan fingerprint density at radius 1 is 1.07 bits per heavy atom. The van der Waals surface area contributed by atoms with Crippen LogP contribution >= 0.6 is 11.5 Å². The van der Waals surface area contributed by atoms with Gasteiger partial charge in [0, 0.05) is 37.1 Å². The molecule has 3 aromatic rings. The van der Waals surface area contributed by atoms with E-state index in [9.17, 15) is 9.59 Å². The number of nitrogens with zero attached hydrogens (tertiary/aromatic N) is 3. The zero-order valence-electron chi connectivity index (χ0n) is 15.5. The first-order valence-corrected chi connectivity index (χ1v) is 10.2. The van der Waals surface area contributed by atoms with Gasteiger partial charge in [0.2, 0.25) is 5.95 Å². The quantitative estimate of drug-likeness (QED) is 0.653. The molecule has 1 spiro atoms. The molecular weight excluding hydrogens is 388 g/mol. The van der Waals surface area contributed by atoms with Crippen molar-refractivity contribution < 1.29 is 14.3 Å². The molecule has 29 heavy (non-hydrogen) atoms. The fraction of sp³-hybridized carbons (Fsp3) is 0.238. The van der Waals surface area contributed by atoms with Crippen LogP contribution in [0.15, 0.2) is 54.6 Å². The number of urea groups is 1. The fourth-order valence-corrected chi connectivity index (χ4v) is 4.56. The van der Waals surface area contributed by atoms with Gasteiger partial charge in [0.25, 0.3) is 0 Å². The monoisotopic (exact) mass is 406 g/mol. The molecule has 1 saturated heterocycles. The minimum Gasteiger partial charge on any atom is -0.450 e. The summed E-state index contributed by atoms with van der Waals surface area (Å²) >= 11 is 1.25. The molecule has 1 aromatic heterocycles. The van der Waals surface area contributed by atoms with E-state index in [0.717, 1.165) is 16.1 Å². The van der Waals surface area contributed by atoms with Crippen LogP contribution in [0, 0.1) is 0 Å². The Balaban J connectivity index is 1.25. The molecule has 0 bridgehead atoms. The number of carbonyl (C=O) groups excluding carboxylic acids is 2. The Labute approximate surface area is 171 Å². The number of piperidine rings is 1. The molecule has 2 amide bonds.